The van der Waals surface area contributed by atoms with Crippen LogP contribution < -0.4 is 5.11 Å². The number of carbonyl (C=O) groups is 1. The Bertz CT molecular complexity index is 687. The summed E-state index contributed by atoms with van der Waals surface area (Å²) in [5, 5.41) is 8.25. The first-order valence-electron chi connectivity index (χ1n) is 8.32. The van der Waals surface area contributed by atoms with Gasteiger partial charge in [0.05, 0.1) is 5.57 Å². The van der Waals surface area contributed by atoms with E-state index in [-0.39, 0.29) is 17.5 Å². The molecule has 2 rings (SSSR count). The molecule has 3 heteroatoms. The molecule has 0 heterocycles. The first-order chi connectivity index (χ1) is 11.3. The largest absolute Gasteiger partial charge is 0.857 e. The van der Waals surface area contributed by atoms with Gasteiger partial charge < -0.3 is 5.11 Å². The van der Waals surface area contributed by atoms with Gasteiger partial charge in [0.1, 0.15) is 0 Å². The molecule has 3 nitrogen and oxygen atoms in total. The molecule has 0 fully saturated rings. The molecule has 130 valence electrons. The van der Waals surface area contributed by atoms with E-state index in [0.29, 0.717) is 5.56 Å². The predicted octanol–water partition coefficient (Wildman–Crippen LogP) is 3.65. The van der Waals surface area contributed by atoms with Gasteiger partial charge in [0.25, 0.3) is 5.78 Å². The standard InChI is InChI=1S/C20H24O2.CH3O/c1-12(2)7-6-8-16-14(5)9-10-15-11-17(13(3)4)19(21)20(22)18(15)16;1-2/h7,9-11,13H,6,8H2,1-5H3;1H3/q;-1/p+1. The lowest BCUT2D eigenvalue weighted by Gasteiger charge is -2.18. The van der Waals surface area contributed by atoms with Crippen molar-refractivity contribution < 1.29 is 14.7 Å². The maximum absolute atomic E-state index is 12.7. The zero-order valence-corrected chi connectivity index (χ0v) is 15.6. The molecule has 0 radical (unpaired) electrons. The monoisotopic (exact) mass is 328 g/mol. The van der Waals surface area contributed by atoms with Crippen LogP contribution in [0.2, 0.25) is 0 Å². The van der Waals surface area contributed by atoms with Crippen LogP contribution in [0.3, 0.4) is 0 Å². The molecule has 1 aliphatic rings. The molecule has 0 bridgehead atoms. The van der Waals surface area contributed by atoms with E-state index in [2.05, 4.69) is 26.0 Å². The van der Waals surface area contributed by atoms with E-state index in [1.807, 2.05) is 32.9 Å². The summed E-state index contributed by atoms with van der Waals surface area (Å²) >= 11 is 0. The van der Waals surface area contributed by atoms with Crippen LogP contribution in [0.15, 0.2) is 29.4 Å². The topological polar surface area (TPSA) is 61.5 Å². The Hall–Kier alpha value is -2.00. The molecule has 0 saturated heterocycles. The minimum absolute atomic E-state index is 0.0865. The van der Waals surface area contributed by atoms with Crippen LogP contribution in [0.5, 0.6) is 0 Å². The van der Waals surface area contributed by atoms with Gasteiger partial charge in [0.15, 0.2) is 0 Å². The number of hydrogen-bond acceptors (Lipinski definition) is 2. The molecule has 1 aliphatic carbocycles. The fraction of sp³-hybridized carbons (Fsp3) is 0.429. The summed E-state index contributed by atoms with van der Waals surface area (Å²) in [6.07, 6.45) is 5.88. The Labute approximate surface area is 145 Å². The highest BCUT2D eigenvalue weighted by Gasteiger charge is 2.36. The summed E-state index contributed by atoms with van der Waals surface area (Å²) in [4.78, 5) is 22.9. The van der Waals surface area contributed by atoms with Crippen LogP contribution in [0, 0.1) is 12.8 Å². The Kier molecular flexibility index (Phi) is 7.30. The van der Waals surface area contributed by atoms with Gasteiger partial charge in [-0.25, -0.2) is 0 Å². The minimum atomic E-state index is -0.225. The van der Waals surface area contributed by atoms with Crippen molar-refractivity contribution >= 4 is 17.6 Å². The molecule has 0 saturated carbocycles. The Morgan fingerprint density at radius 2 is 1.88 bits per heavy atom. The lowest BCUT2D eigenvalue weighted by molar-refractivity contribution is -0.325. The molecule has 0 unspecified atom stereocenters. The molecular formula is C21H28O3. The van der Waals surface area contributed by atoms with Gasteiger partial charge >= 0.3 is 5.78 Å². The lowest BCUT2D eigenvalue weighted by Crippen LogP contribution is -2.26. The molecule has 24 heavy (non-hydrogen) atoms. The average Bonchev–Trinajstić information content (AvgIpc) is 2.54. The summed E-state index contributed by atoms with van der Waals surface area (Å²) in [7, 11) is 0.750. The van der Waals surface area contributed by atoms with Crippen LogP contribution in [0.4, 0.5) is 0 Å². The number of Topliss-reactive ketones (excluding diaryl/α,β-unsaturated/α-hetero) is 1. The van der Waals surface area contributed by atoms with Crippen LogP contribution in [0.1, 0.15) is 61.2 Å². The van der Waals surface area contributed by atoms with E-state index in [0.717, 1.165) is 42.2 Å². The van der Waals surface area contributed by atoms with E-state index in [9.17, 15) is 9.59 Å². The third kappa shape index (κ3) is 4.30. The minimum Gasteiger partial charge on any atom is -0.857 e. The summed E-state index contributed by atoms with van der Waals surface area (Å²) in [6, 6.07) is 4.06. The molecule has 0 aliphatic heterocycles. The van der Waals surface area contributed by atoms with E-state index in [1.54, 1.807) is 0 Å². The zero-order valence-electron chi connectivity index (χ0n) is 15.6. The van der Waals surface area contributed by atoms with Crippen molar-refractivity contribution in [3.8, 4) is 0 Å². The van der Waals surface area contributed by atoms with Crippen LogP contribution in [-0.4, -0.2) is 23.5 Å². The summed E-state index contributed by atoms with van der Waals surface area (Å²) < 4.78 is 0. The highest BCUT2D eigenvalue weighted by molar-refractivity contribution is 6.52. The second-order valence-corrected chi connectivity index (χ2v) is 6.58. The van der Waals surface area contributed by atoms with E-state index in [4.69, 9.17) is 5.11 Å². The summed E-state index contributed by atoms with van der Waals surface area (Å²) in [5.74, 6) is -0.179. The van der Waals surface area contributed by atoms with Crippen molar-refractivity contribution in [2.75, 3.05) is 7.11 Å². The average molecular weight is 328 g/mol. The normalized spacial score (nSPS) is 13.1. The number of fused-ring (bicyclic) bond motifs is 1. The van der Waals surface area contributed by atoms with Crippen LogP contribution in [0.25, 0.3) is 6.08 Å². The Morgan fingerprint density at radius 1 is 1.25 bits per heavy atom. The van der Waals surface area contributed by atoms with E-state index >= 15 is 0 Å². The van der Waals surface area contributed by atoms with Crippen molar-refractivity contribution in [2.45, 2.75) is 47.5 Å². The molecule has 0 aromatic heterocycles. The predicted molar refractivity (Wildman–Crippen MR) is 98.9 cm³/mol. The first kappa shape index (κ1) is 20.0. The van der Waals surface area contributed by atoms with Gasteiger partial charge in [-0.05, 0) is 62.3 Å². The Balaban J connectivity index is 0.00000139. The van der Waals surface area contributed by atoms with Crippen molar-refractivity contribution in [1.29, 1.82) is 0 Å². The van der Waals surface area contributed by atoms with Gasteiger partial charge in [-0.3, -0.25) is 9.59 Å². The van der Waals surface area contributed by atoms with Gasteiger partial charge in [-0.1, -0.05) is 37.6 Å². The second kappa shape index (κ2) is 8.74. The third-order valence-electron chi connectivity index (χ3n) is 4.17. The van der Waals surface area contributed by atoms with Gasteiger partial charge in [-0.15, -0.1) is 0 Å². The van der Waals surface area contributed by atoms with Crippen LogP contribution >= 0.6 is 0 Å². The number of rotatable bonds is 4. The number of aryl methyl sites for hydroxylation is 1. The van der Waals surface area contributed by atoms with E-state index < -0.39 is 0 Å². The van der Waals surface area contributed by atoms with Gasteiger partial charge in [0.2, 0.25) is 0 Å². The van der Waals surface area contributed by atoms with Crippen molar-refractivity contribution in [1.82, 2.24) is 0 Å². The molecule has 0 spiro atoms. The number of allylic oxidation sites excluding steroid dienone is 3. The molecule has 1 aromatic carbocycles. The molecular weight excluding hydrogens is 300 g/mol. The first-order valence-corrected chi connectivity index (χ1v) is 8.32. The second-order valence-electron chi connectivity index (χ2n) is 6.58. The van der Waals surface area contributed by atoms with Crippen molar-refractivity contribution in [2.24, 2.45) is 5.92 Å². The van der Waals surface area contributed by atoms with Gasteiger partial charge in [0, 0.05) is 5.56 Å². The number of hydrogen-bond donors (Lipinski definition) is 0. The van der Waals surface area contributed by atoms with Gasteiger partial charge in [-0.2, -0.15) is 7.11 Å². The summed E-state index contributed by atoms with van der Waals surface area (Å²) in [5.41, 5.74) is 5.81. The molecule has 0 atom stereocenters. The number of carbonyl (C=O) groups excluding carboxylic acids is 2. The molecule has 0 amide bonds. The maximum atomic E-state index is 12.7. The van der Waals surface area contributed by atoms with E-state index in [1.165, 1.54) is 5.57 Å². The maximum Gasteiger partial charge on any atom is 0.390 e. The lowest BCUT2D eigenvalue weighted by atomic mass is 9.81. The molecule has 1 aromatic rings. The number of ketones is 2. The highest BCUT2D eigenvalue weighted by Crippen LogP contribution is 2.30. The quantitative estimate of drug-likeness (QED) is 0.481. The fourth-order valence-electron chi connectivity index (χ4n) is 2.91. The number of benzene rings is 1. The SMILES string of the molecule is CC(C)=CCCc1c(C)ccc2c1C(=O)C(=[OH+])C(C(C)C)=C2.C[O-]. The summed E-state index contributed by atoms with van der Waals surface area (Å²) in [6.45, 7) is 10.2. The van der Waals surface area contributed by atoms with Crippen LogP contribution in [-0.2, 0) is 6.42 Å². The third-order valence-corrected chi connectivity index (χ3v) is 4.17. The highest BCUT2D eigenvalue weighted by atomic mass is 16.2. The van der Waals surface area contributed by atoms with Crippen molar-refractivity contribution in [3.63, 3.8) is 0 Å². The zero-order chi connectivity index (χ0) is 18.4. The Morgan fingerprint density at radius 3 is 2.42 bits per heavy atom. The van der Waals surface area contributed by atoms with Crippen molar-refractivity contribution in [3.05, 3.63) is 51.6 Å². The fourth-order valence-corrected chi connectivity index (χ4v) is 2.91. The molecule has 1 N–H and O–H groups in total. The smallest absolute Gasteiger partial charge is 0.390 e.